The molecule has 0 saturated carbocycles. The number of amides is 2. The Kier molecular flexibility index (Phi) is 6.15. The van der Waals surface area contributed by atoms with Gasteiger partial charge < -0.3 is 15.9 Å². The molecule has 4 N–H and O–H groups in total. The number of hydroxylamine groups is 2. The Morgan fingerprint density at radius 3 is 2.29 bits per heavy atom. The SMILES string of the molecule is NC(=O)CCC(C(=O)O)N(OCc1ccccc1)C(=O)O. The smallest absolute Gasteiger partial charge is 0.432 e. The number of carboxylic acid groups (broad SMARTS) is 2. The molecule has 0 fully saturated rings. The minimum absolute atomic E-state index is 0.104. The van der Waals surface area contributed by atoms with Gasteiger partial charge in [0.2, 0.25) is 5.91 Å². The Morgan fingerprint density at radius 2 is 1.81 bits per heavy atom. The fraction of sp³-hybridized carbons (Fsp3) is 0.308. The van der Waals surface area contributed by atoms with Crippen molar-refractivity contribution >= 4 is 18.0 Å². The molecule has 0 aromatic heterocycles. The summed E-state index contributed by atoms with van der Waals surface area (Å²) in [6.07, 6.45) is -2.07. The van der Waals surface area contributed by atoms with Crippen LogP contribution in [0.5, 0.6) is 0 Å². The van der Waals surface area contributed by atoms with Crippen molar-refractivity contribution in [3.63, 3.8) is 0 Å². The molecule has 1 atom stereocenters. The summed E-state index contributed by atoms with van der Waals surface area (Å²) in [5.41, 5.74) is 5.63. The second-order valence-electron chi connectivity index (χ2n) is 4.23. The van der Waals surface area contributed by atoms with E-state index in [0.717, 1.165) is 0 Å². The van der Waals surface area contributed by atoms with Crippen LogP contribution in [0.25, 0.3) is 0 Å². The summed E-state index contributed by atoms with van der Waals surface area (Å²) in [6, 6.07) is 7.18. The zero-order valence-corrected chi connectivity index (χ0v) is 11.1. The summed E-state index contributed by atoms with van der Waals surface area (Å²) in [4.78, 5) is 38.0. The lowest BCUT2D eigenvalue weighted by Crippen LogP contribution is -2.44. The van der Waals surface area contributed by atoms with E-state index in [9.17, 15) is 14.4 Å². The Hall–Kier alpha value is -2.61. The van der Waals surface area contributed by atoms with E-state index in [1.165, 1.54) is 0 Å². The van der Waals surface area contributed by atoms with E-state index in [0.29, 0.717) is 10.6 Å². The van der Waals surface area contributed by atoms with Gasteiger partial charge in [0, 0.05) is 6.42 Å². The number of nitrogens with zero attached hydrogens (tertiary/aromatic N) is 1. The minimum atomic E-state index is -1.55. The first kappa shape index (κ1) is 16.4. The molecule has 1 rings (SSSR count). The molecule has 0 aliphatic heterocycles. The van der Waals surface area contributed by atoms with Crippen molar-refractivity contribution in [3.05, 3.63) is 35.9 Å². The first-order valence-corrected chi connectivity index (χ1v) is 6.12. The van der Waals surface area contributed by atoms with Crippen molar-refractivity contribution < 1.29 is 29.4 Å². The molecule has 0 saturated heterocycles. The highest BCUT2D eigenvalue weighted by molar-refractivity contribution is 5.80. The third-order valence-corrected chi connectivity index (χ3v) is 2.63. The van der Waals surface area contributed by atoms with E-state index in [2.05, 4.69) is 0 Å². The number of primary amides is 1. The van der Waals surface area contributed by atoms with Crippen LogP contribution in [0.4, 0.5) is 4.79 Å². The fourth-order valence-corrected chi connectivity index (χ4v) is 1.62. The van der Waals surface area contributed by atoms with Crippen molar-refractivity contribution in [2.45, 2.75) is 25.5 Å². The Labute approximate surface area is 120 Å². The summed E-state index contributed by atoms with van der Waals surface area (Å²) in [5, 5.41) is 18.5. The van der Waals surface area contributed by atoms with Crippen LogP contribution in [0.15, 0.2) is 30.3 Å². The number of hydrogen-bond acceptors (Lipinski definition) is 4. The number of carbonyl (C=O) groups is 3. The molecule has 21 heavy (non-hydrogen) atoms. The Bertz CT molecular complexity index is 505. The van der Waals surface area contributed by atoms with Crippen LogP contribution in [0.3, 0.4) is 0 Å². The number of aliphatic carboxylic acids is 1. The van der Waals surface area contributed by atoms with Gasteiger partial charge in [-0.3, -0.25) is 9.63 Å². The third-order valence-electron chi connectivity index (χ3n) is 2.63. The molecule has 8 heteroatoms. The molecular weight excluding hydrogens is 280 g/mol. The molecule has 1 aromatic carbocycles. The van der Waals surface area contributed by atoms with Crippen LogP contribution >= 0.6 is 0 Å². The molecular formula is C13H16N2O6. The molecule has 1 unspecified atom stereocenters. The van der Waals surface area contributed by atoms with Gasteiger partial charge in [-0.25, -0.2) is 9.59 Å². The molecule has 8 nitrogen and oxygen atoms in total. The van der Waals surface area contributed by atoms with Crippen LogP contribution < -0.4 is 5.73 Å². The molecule has 0 radical (unpaired) electrons. The van der Waals surface area contributed by atoms with Crippen LogP contribution in [0, 0.1) is 0 Å². The number of carbonyl (C=O) groups excluding carboxylic acids is 1. The molecule has 114 valence electrons. The highest BCUT2D eigenvalue weighted by Gasteiger charge is 2.31. The van der Waals surface area contributed by atoms with Crippen molar-refractivity contribution in [2.75, 3.05) is 0 Å². The van der Waals surface area contributed by atoms with E-state index in [1.807, 2.05) is 0 Å². The van der Waals surface area contributed by atoms with Gasteiger partial charge in [-0.2, -0.15) is 5.06 Å². The zero-order chi connectivity index (χ0) is 15.8. The lowest BCUT2D eigenvalue weighted by molar-refractivity contribution is -0.186. The van der Waals surface area contributed by atoms with Crippen molar-refractivity contribution in [1.29, 1.82) is 0 Å². The van der Waals surface area contributed by atoms with Gasteiger partial charge in [0.25, 0.3) is 0 Å². The maximum Gasteiger partial charge on any atom is 0.432 e. The number of hydrogen-bond donors (Lipinski definition) is 3. The normalized spacial score (nSPS) is 11.6. The van der Waals surface area contributed by atoms with E-state index >= 15 is 0 Å². The van der Waals surface area contributed by atoms with Gasteiger partial charge in [0.05, 0.1) is 0 Å². The molecule has 0 spiro atoms. The van der Waals surface area contributed by atoms with Gasteiger partial charge in [0.1, 0.15) is 6.61 Å². The molecule has 1 aromatic rings. The van der Waals surface area contributed by atoms with Crippen molar-refractivity contribution in [1.82, 2.24) is 5.06 Å². The van der Waals surface area contributed by atoms with Gasteiger partial charge in [-0.15, -0.1) is 0 Å². The summed E-state index contributed by atoms with van der Waals surface area (Å²) in [5.74, 6) is -2.12. The number of carboxylic acids is 1. The van der Waals surface area contributed by atoms with Gasteiger partial charge in [0.15, 0.2) is 6.04 Å². The number of benzene rings is 1. The topological polar surface area (TPSA) is 130 Å². The maximum atomic E-state index is 11.1. The molecule has 0 heterocycles. The summed E-state index contributed by atoms with van der Waals surface area (Å²) in [7, 11) is 0. The quantitative estimate of drug-likeness (QED) is 0.609. The largest absolute Gasteiger partial charge is 0.480 e. The zero-order valence-electron chi connectivity index (χ0n) is 11.1. The summed E-state index contributed by atoms with van der Waals surface area (Å²) in [6.45, 7) is -0.104. The van der Waals surface area contributed by atoms with Gasteiger partial charge in [-0.1, -0.05) is 30.3 Å². The van der Waals surface area contributed by atoms with Crippen LogP contribution in [0.2, 0.25) is 0 Å². The summed E-state index contributed by atoms with van der Waals surface area (Å²) < 4.78 is 0. The van der Waals surface area contributed by atoms with Crippen LogP contribution in [0.1, 0.15) is 18.4 Å². The first-order valence-electron chi connectivity index (χ1n) is 6.12. The third kappa shape index (κ3) is 5.49. The van der Waals surface area contributed by atoms with E-state index in [1.54, 1.807) is 30.3 Å². The standard InChI is InChI=1S/C13H16N2O6/c14-11(16)7-6-10(12(17)18)15(13(19)20)21-8-9-4-2-1-3-5-9/h1-5,10H,6-8H2,(H2,14,16)(H,17,18)(H,19,20). The highest BCUT2D eigenvalue weighted by Crippen LogP contribution is 2.12. The minimum Gasteiger partial charge on any atom is -0.480 e. The number of nitrogens with two attached hydrogens (primary N) is 1. The predicted molar refractivity (Wildman–Crippen MR) is 70.9 cm³/mol. The maximum absolute atomic E-state index is 11.1. The Morgan fingerprint density at radius 1 is 1.19 bits per heavy atom. The number of rotatable bonds is 8. The second kappa shape index (κ2) is 7.85. The lowest BCUT2D eigenvalue weighted by Gasteiger charge is -2.24. The fourth-order valence-electron chi connectivity index (χ4n) is 1.62. The van der Waals surface area contributed by atoms with E-state index < -0.39 is 24.0 Å². The first-order chi connectivity index (χ1) is 9.91. The average Bonchev–Trinajstić information content (AvgIpc) is 2.42. The van der Waals surface area contributed by atoms with E-state index in [-0.39, 0.29) is 19.4 Å². The lowest BCUT2D eigenvalue weighted by atomic mass is 10.1. The molecule has 0 aliphatic carbocycles. The van der Waals surface area contributed by atoms with E-state index in [4.69, 9.17) is 20.8 Å². The molecule has 2 amide bonds. The molecule has 0 bridgehead atoms. The van der Waals surface area contributed by atoms with Crippen LogP contribution in [-0.4, -0.2) is 39.3 Å². The second-order valence-corrected chi connectivity index (χ2v) is 4.23. The Balaban J connectivity index is 2.74. The average molecular weight is 296 g/mol. The molecule has 0 aliphatic rings. The monoisotopic (exact) mass is 296 g/mol. The van der Waals surface area contributed by atoms with Crippen molar-refractivity contribution in [3.8, 4) is 0 Å². The van der Waals surface area contributed by atoms with Crippen molar-refractivity contribution in [2.24, 2.45) is 5.73 Å². The predicted octanol–water partition coefficient (Wildman–Crippen LogP) is 0.817. The highest BCUT2D eigenvalue weighted by atomic mass is 16.7. The van der Waals surface area contributed by atoms with Gasteiger partial charge >= 0.3 is 12.1 Å². The van der Waals surface area contributed by atoms with Crippen LogP contribution in [-0.2, 0) is 21.0 Å². The summed E-state index contributed by atoms with van der Waals surface area (Å²) >= 11 is 0. The van der Waals surface area contributed by atoms with Gasteiger partial charge in [-0.05, 0) is 12.0 Å².